The third-order valence-corrected chi connectivity index (χ3v) is 4.73. The minimum atomic E-state index is 0.257. The molecule has 0 bridgehead atoms. The first-order valence-electron chi connectivity index (χ1n) is 5.27. The zero-order chi connectivity index (χ0) is 10.7. The van der Waals surface area contributed by atoms with Crippen LogP contribution >= 0.6 is 33.9 Å². The maximum absolute atomic E-state index is 11.5. The van der Waals surface area contributed by atoms with Crippen molar-refractivity contribution in [2.75, 3.05) is 6.54 Å². The molecule has 0 aliphatic heterocycles. The smallest absolute Gasteiger partial charge is 0.223 e. The Hall–Kier alpha value is -0.100. The number of nitrogens with one attached hydrogen (secondary N) is 1. The second-order valence-electron chi connectivity index (χ2n) is 3.87. The molecule has 1 fully saturated rings. The first-order chi connectivity index (χ1) is 7.25. The number of carbonyl (C=O) groups excluding carboxylic acids is 1. The van der Waals surface area contributed by atoms with Gasteiger partial charge in [0.1, 0.15) is 0 Å². The van der Waals surface area contributed by atoms with E-state index in [1.54, 1.807) is 11.3 Å². The van der Waals surface area contributed by atoms with Crippen LogP contribution in [0.2, 0.25) is 0 Å². The van der Waals surface area contributed by atoms with Gasteiger partial charge in [0.15, 0.2) is 0 Å². The molecule has 1 amide bonds. The first-order valence-corrected chi connectivity index (χ1v) is 7.17. The van der Waals surface area contributed by atoms with Gasteiger partial charge in [0, 0.05) is 17.3 Å². The van der Waals surface area contributed by atoms with Gasteiger partial charge in [-0.1, -0.05) is 6.42 Å². The number of halogens is 1. The second kappa shape index (κ2) is 5.30. The first kappa shape index (κ1) is 11.4. The van der Waals surface area contributed by atoms with Crippen molar-refractivity contribution in [2.24, 2.45) is 5.92 Å². The van der Waals surface area contributed by atoms with Gasteiger partial charge in [-0.15, -0.1) is 11.3 Å². The lowest BCUT2D eigenvalue weighted by molar-refractivity contribution is -0.127. The van der Waals surface area contributed by atoms with Crippen molar-refractivity contribution < 1.29 is 4.79 Å². The maximum atomic E-state index is 11.5. The molecular weight excluding hydrogens is 321 g/mol. The molecule has 2 nitrogen and oxygen atoms in total. The second-order valence-corrected chi connectivity index (χ2v) is 6.94. The summed E-state index contributed by atoms with van der Waals surface area (Å²) >= 11 is 4.13. The van der Waals surface area contributed by atoms with E-state index in [-0.39, 0.29) is 5.91 Å². The standard InChI is InChI=1S/C11H14INOS/c12-10-5-4-9(15-10)6-7-13-11(14)8-2-1-3-8/h4-5,8H,1-3,6-7H2,(H,13,14). The van der Waals surface area contributed by atoms with E-state index < -0.39 is 0 Å². The predicted octanol–water partition coefficient (Wildman–Crippen LogP) is 2.81. The Morgan fingerprint density at radius 1 is 1.53 bits per heavy atom. The Kier molecular flexibility index (Phi) is 4.02. The van der Waals surface area contributed by atoms with Crippen molar-refractivity contribution in [3.63, 3.8) is 0 Å². The Labute approximate surface area is 108 Å². The van der Waals surface area contributed by atoms with Gasteiger partial charge >= 0.3 is 0 Å². The highest BCUT2D eigenvalue weighted by atomic mass is 127. The van der Waals surface area contributed by atoms with E-state index in [0.717, 1.165) is 25.8 Å². The van der Waals surface area contributed by atoms with Gasteiger partial charge in [0.2, 0.25) is 5.91 Å². The van der Waals surface area contributed by atoms with Crippen LogP contribution in [0.5, 0.6) is 0 Å². The molecular formula is C11H14INOS. The molecule has 4 heteroatoms. The van der Waals surface area contributed by atoms with Crippen LogP contribution in [-0.4, -0.2) is 12.5 Å². The van der Waals surface area contributed by atoms with Crippen molar-refractivity contribution in [1.82, 2.24) is 5.32 Å². The summed E-state index contributed by atoms with van der Waals surface area (Å²) in [5.74, 6) is 0.570. The zero-order valence-electron chi connectivity index (χ0n) is 8.46. The Balaban J connectivity index is 1.68. The number of rotatable bonds is 4. The molecule has 0 aromatic carbocycles. The summed E-state index contributed by atoms with van der Waals surface area (Å²) in [5, 5.41) is 3.01. The Bertz CT molecular complexity index is 346. The van der Waals surface area contributed by atoms with Crippen LogP contribution in [0.1, 0.15) is 24.1 Å². The molecule has 0 radical (unpaired) electrons. The molecule has 15 heavy (non-hydrogen) atoms. The summed E-state index contributed by atoms with van der Waals surface area (Å²) in [6, 6.07) is 4.26. The average Bonchev–Trinajstić information content (AvgIpc) is 2.48. The molecule has 1 saturated carbocycles. The lowest BCUT2D eigenvalue weighted by Gasteiger charge is -2.23. The van der Waals surface area contributed by atoms with E-state index in [0.29, 0.717) is 5.92 Å². The fraction of sp³-hybridized carbons (Fsp3) is 0.545. The van der Waals surface area contributed by atoms with E-state index in [4.69, 9.17) is 0 Å². The third kappa shape index (κ3) is 3.17. The molecule has 1 heterocycles. The fourth-order valence-corrected chi connectivity index (χ4v) is 3.36. The minimum absolute atomic E-state index is 0.257. The van der Waals surface area contributed by atoms with E-state index >= 15 is 0 Å². The molecule has 1 aliphatic rings. The zero-order valence-corrected chi connectivity index (χ0v) is 11.4. The van der Waals surface area contributed by atoms with Gasteiger partial charge in [0.25, 0.3) is 0 Å². The van der Waals surface area contributed by atoms with Gasteiger partial charge in [-0.05, 0) is 54.0 Å². The minimum Gasteiger partial charge on any atom is -0.356 e. The molecule has 1 aliphatic carbocycles. The quantitative estimate of drug-likeness (QED) is 0.843. The van der Waals surface area contributed by atoms with E-state index in [9.17, 15) is 4.79 Å². The summed E-state index contributed by atoms with van der Waals surface area (Å²) in [6.07, 6.45) is 4.36. The lowest BCUT2D eigenvalue weighted by Crippen LogP contribution is -2.35. The van der Waals surface area contributed by atoms with Crippen LogP contribution in [0.25, 0.3) is 0 Å². The number of carbonyl (C=O) groups is 1. The van der Waals surface area contributed by atoms with Crippen molar-refractivity contribution >= 4 is 39.8 Å². The number of hydrogen-bond donors (Lipinski definition) is 1. The largest absolute Gasteiger partial charge is 0.356 e. The number of hydrogen-bond acceptors (Lipinski definition) is 2. The molecule has 0 saturated heterocycles. The summed E-state index contributed by atoms with van der Waals surface area (Å²) in [6.45, 7) is 0.784. The fourth-order valence-electron chi connectivity index (χ4n) is 1.61. The summed E-state index contributed by atoms with van der Waals surface area (Å²) < 4.78 is 1.31. The van der Waals surface area contributed by atoms with Crippen LogP contribution in [0.4, 0.5) is 0 Å². The molecule has 1 aromatic heterocycles. The van der Waals surface area contributed by atoms with Crippen molar-refractivity contribution in [3.05, 3.63) is 19.9 Å². The van der Waals surface area contributed by atoms with Gasteiger partial charge in [-0.2, -0.15) is 0 Å². The monoisotopic (exact) mass is 335 g/mol. The number of thiophene rings is 1. The van der Waals surface area contributed by atoms with Gasteiger partial charge < -0.3 is 5.32 Å². The average molecular weight is 335 g/mol. The molecule has 0 unspecified atom stereocenters. The normalized spacial score (nSPS) is 16.1. The van der Waals surface area contributed by atoms with Gasteiger partial charge in [-0.3, -0.25) is 4.79 Å². The molecule has 2 rings (SSSR count). The topological polar surface area (TPSA) is 29.1 Å². The van der Waals surface area contributed by atoms with E-state index in [2.05, 4.69) is 40.0 Å². The SMILES string of the molecule is O=C(NCCc1ccc(I)s1)C1CCC1. The molecule has 82 valence electrons. The van der Waals surface area contributed by atoms with Crippen molar-refractivity contribution in [3.8, 4) is 0 Å². The van der Waals surface area contributed by atoms with Crippen LogP contribution in [0, 0.1) is 8.80 Å². The van der Waals surface area contributed by atoms with Crippen LogP contribution in [0.15, 0.2) is 12.1 Å². The summed E-state index contributed by atoms with van der Waals surface area (Å²) in [4.78, 5) is 12.9. The third-order valence-electron chi connectivity index (χ3n) is 2.78. The van der Waals surface area contributed by atoms with Crippen molar-refractivity contribution in [1.29, 1.82) is 0 Å². The lowest BCUT2D eigenvalue weighted by atomic mass is 9.85. The molecule has 0 atom stereocenters. The van der Waals surface area contributed by atoms with E-state index in [1.807, 2.05) is 0 Å². The Morgan fingerprint density at radius 3 is 2.87 bits per heavy atom. The van der Waals surface area contributed by atoms with E-state index in [1.165, 1.54) is 14.2 Å². The molecule has 1 aromatic rings. The summed E-state index contributed by atoms with van der Waals surface area (Å²) in [5.41, 5.74) is 0. The highest BCUT2D eigenvalue weighted by Gasteiger charge is 2.24. The predicted molar refractivity (Wildman–Crippen MR) is 71.1 cm³/mol. The van der Waals surface area contributed by atoms with Crippen LogP contribution in [-0.2, 0) is 11.2 Å². The molecule has 1 N–H and O–H groups in total. The summed E-state index contributed by atoms with van der Waals surface area (Å²) in [7, 11) is 0. The van der Waals surface area contributed by atoms with Crippen molar-refractivity contribution in [2.45, 2.75) is 25.7 Å². The Morgan fingerprint density at radius 2 is 2.33 bits per heavy atom. The highest BCUT2D eigenvalue weighted by Crippen LogP contribution is 2.26. The molecule has 0 spiro atoms. The van der Waals surface area contributed by atoms with Gasteiger partial charge in [-0.25, -0.2) is 0 Å². The van der Waals surface area contributed by atoms with Gasteiger partial charge in [0.05, 0.1) is 2.88 Å². The van der Waals surface area contributed by atoms with Crippen LogP contribution in [0.3, 0.4) is 0 Å². The maximum Gasteiger partial charge on any atom is 0.223 e. The number of amides is 1. The highest BCUT2D eigenvalue weighted by molar-refractivity contribution is 14.1. The van der Waals surface area contributed by atoms with Crippen LogP contribution < -0.4 is 5.32 Å².